The first kappa shape index (κ1) is 15.1. The van der Waals surface area contributed by atoms with Crippen molar-refractivity contribution >= 4 is 5.69 Å². The normalized spacial score (nSPS) is 14.3. The van der Waals surface area contributed by atoms with Gasteiger partial charge in [-0.1, -0.05) is 39.8 Å². The number of aryl methyl sites for hydroxylation is 1. The molecular weight excluding hydrogens is 218 g/mol. The van der Waals surface area contributed by atoms with Gasteiger partial charge in [0, 0.05) is 18.3 Å². The van der Waals surface area contributed by atoms with Crippen LogP contribution in [0.15, 0.2) is 18.2 Å². The molecule has 2 rings (SSSR count). The molecule has 1 aromatic carbocycles. The number of benzene rings is 1. The fraction of sp³-hybridized carbons (Fsp3) is 0.647. The predicted octanol–water partition coefficient (Wildman–Crippen LogP) is 5.00. The number of hydrogen-bond acceptors (Lipinski definition) is 1. The monoisotopic (exact) mass is 247 g/mol. The maximum atomic E-state index is 2.53. The standard InChI is InChI=1S/C15H23N.C2H6/c1-11(2)13-7-8-15-14(10-13)6-5-9-16(15)12(3)4;1-2/h7-8,10-12H,5-6,9H2,1-4H3;1-2H3. The number of nitrogens with zero attached hydrogens (tertiary/aromatic N) is 1. The van der Waals surface area contributed by atoms with Crippen molar-refractivity contribution in [2.45, 2.75) is 66.3 Å². The summed E-state index contributed by atoms with van der Waals surface area (Å²) in [5.41, 5.74) is 4.49. The van der Waals surface area contributed by atoms with Crippen LogP contribution in [0, 0.1) is 0 Å². The van der Waals surface area contributed by atoms with Crippen LogP contribution in [0.25, 0.3) is 0 Å². The molecule has 1 aliphatic heterocycles. The third kappa shape index (κ3) is 3.28. The minimum atomic E-state index is 0.615. The number of hydrogen-bond donors (Lipinski definition) is 0. The summed E-state index contributed by atoms with van der Waals surface area (Å²) in [6.45, 7) is 14.3. The Bertz CT molecular complexity index is 366. The molecule has 102 valence electrons. The Morgan fingerprint density at radius 2 is 1.72 bits per heavy atom. The van der Waals surface area contributed by atoms with Crippen LogP contribution in [-0.2, 0) is 6.42 Å². The molecule has 1 aromatic rings. The fourth-order valence-corrected chi connectivity index (χ4v) is 2.54. The Hall–Kier alpha value is -0.980. The molecule has 1 aliphatic rings. The van der Waals surface area contributed by atoms with Crippen molar-refractivity contribution in [1.29, 1.82) is 0 Å². The van der Waals surface area contributed by atoms with E-state index in [9.17, 15) is 0 Å². The van der Waals surface area contributed by atoms with Gasteiger partial charge in [0.05, 0.1) is 0 Å². The summed E-state index contributed by atoms with van der Waals surface area (Å²) in [7, 11) is 0. The number of rotatable bonds is 2. The van der Waals surface area contributed by atoms with E-state index in [0.717, 1.165) is 0 Å². The Morgan fingerprint density at radius 1 is 1.06 bits per heavy atom. The van der Waals surface area contributed by atoms with Gasteiger partial charge < -0.3 is 4.90 Å². The molecule has 0 saturated carbocycles. The minimum absolute atomic E-state index is 0.615. The predicted molar refractivity (Wildman–Crippen MR) is 82.7 cm³/mol. The summed E-state index contributed by atoms with van der Waals surface area (Å²) in [6.07, 6.45) is 2.55. The minimum Gasteiger partial charge on any atom is -0.369 e. The second-order valence-corrected chi connectivity index (χ2v) is 5.43. The van der Waals surface area contributed by atoms with Gasteiger partial charge in [0.15, 0.2) is 0 Å². The van der Waals surface area contributed by atoms with Crippen molar-refractivity contribution in [1.82, 2.24) is 0 Å². The van der Waals surface area contributed by atoms with E-state index in [-0.39, 0.29) is 0 Å². The number of fused-ring (bicyclic) bond motifs is 1. The topological polar surface area (TPSA) is 3.24 Å². The highest BCUT2D eigenvalue weighted by Crippen LogP contribution is 2.31. The lowest BCUT2D eigenvalue weighted by Gasteiger charge is -2.35. The van der Waals surface area contributed by atoms with Crippen molar-refractivity contribution in [3.8, 4) is 0 Å². The smallest absolute Gasteiger partial charge is 0.0401 e. The molecule has 0 bridgehead atoms. The van der Waals surface area contributed by atoms with E-state index in [0.29, 0.717) is 12.0 Å². The van der Waals surface area contributed by atoms with E-state index in [4.69, 9.17) is 0 Å². The van der Waals surface area contributed by atoms with Crippen molar-refractivity contribution in [3.63, 3.8) is 0 Å². The quantitative estimate of drug-likeness (QED) is 0.711. The van der Waals surface area contributed by atoms with Gasteiger partial charge in [-0.05, 0) is 49.8 Å². The highest BCUT2D eigenvalue weighted by molar-refractivity contribution is 5.57. The summed E-state index contributed by atoms with van der Waals surface area (Å²) in [6, 6.07) is 7.65. The van der Waals surface area contributed by atoms with E-state index in [1.807, 2.05) is 13.8 Å². The Morgan fingerprint density at radius 3 is 2.28 bits per heavy atom. The van der Waals surface area contributed by atoms with Gasteiger partial charge in [-0.15, -0.1) is 0 Å². The van der Waals surface area contributed by atoms with E-state index in [1.165, 1.54) is 30.6 Å². The fourth-order valence-electron chi connectivity index (χ4n) is 2.54. The second kappa shape index (κ2) is 6.82. The van der Waals surface area contributed by atoms with Crippen LogP contribution in [0.5, 0.6) is 0 Å². The third-order valence-electron chi connectivity index (χ3n) is 3.55. The lowest BCUT2D eigenvalue weighted by Crippen LogP contribution is -2.35. The zero-order valence-electron chi connectivity index (χ0n) is 13.0. The van der Waals surface area contributed by atoms with Crippen molar-refractivity contribution in [3.05, 3.63) is 29.3 Å². The molecule has 0 radical (unpaired) electrons. The van der Waals surface area contributed by atoms with Crippen LogP contribution in [0.3, 0.4) is 0 Å². The molecule has 18 heavy (non-hydrogen) atoms. The van der Waals surface area contributed by atoms with E-state index < -0.39 is 0 Å². The first-order chi connectivity index (χ1) is 8.59. The summed E-state index contributed by atoms with van der Waals surface area (Å²) in [5, 5.41) is 0. The van der Waals surface area contributed by atoms with Crippen LogP contribution in [0.1, 0.15) is 65.0 Å². The van der Waals surface area contributed by atoms with E-state index in [2.05, 4.69) is 50.8 Å². The Balaban J connectivity index is 0.000000771. The molecule has 0 amide bonds. The lowest BCUT2D eigenvalue weighted by atomic mass is 9.94. The van der Waals surface area contributed by atoms with Crippen LogP contribution in [0.2, 0.25) is 0 Å². The molecule has 0 aliphatic carbocycles. The van der Waals surface area contributed by atoms with Gasteiger partial charge in [0.25, 0.3) is 0 Å². The first-order valence-electron chi connectivity index (χ1n) is 7.49. The van der Waals surface area contributed by atoms with Crippen LogP contribution < -0.4 is 4.90 Å². The molecule has 1 nitrogen and oxygen atoms in total. The molecule has 1 heteroatoms. The van der Waals surface area contributed by atoms with Gasteiger partial charge in [-0.25, -0.2) is 0 Å². The molecule has 0 N–H and O–H groups in total. The summed E-state index contributed by atoms with van der Waals surface area (Å²) in [5.74, 6) is 0.639. The van der Waals surface area contributed by atoms with Gasteiger partial charge in [0.2, 0.25) is 0 Å². The molecule has 1 heterocycles. The van der Waals surface area contributed by atoms with Gasteiger partial charge in [-0.2, -0.15) is 0 Å². The summed E-state index contributed by atoms with van der Waals surface area (Å²) in [4.78, 5) is 2.53. The molecule has 0 spiro atoms. The van der Waals surface area contributed by atoms with Crippen LogP contribution >= 0.6 is 0 Å². The van der Waals surface area contributed by atoms with E-state index >= 15 is 0 Å². The largest absolute Gasteiger partial charge is 0.369 e. The molecule has 0 atom stereocenters. The molecular formula is C17H29N. The molecule has 0 saturated heterocycles. The van der Waals surface area contributed by atoms with Gasteiger partial charge in [0.1, 0.15) is 0 Å². The average Bonchev–Trinajstić information content (AvgIpc) is 2.39. The molecule has 0 aromatic heterocycles. The number of anilines is 1. The molecule has 0 fully saturated rings. The lowest BCUT2D eigenvalue weighted by molar-refractivity contribution is 0.624. The maximum Gasteiger partial charge on any atom is 0.0401 e. The maximum absolute atomic E-state index is 2.53. The average molecular weight is 247 g/mol. The van der Waals surface area contributed by atoms with Crippen LogP contribution in [-0.4, -0.2) is 12.6 Å². The van der Waals surface area contributed by atoms with Crippen molar-refractivity contribution in [2.24, 2.45) is 0 Å². The van der Waals surface area contributed by atoms with E-state index in [1.54, 1.807) is 5.56 Å². The van der Waals surface area contributed by atoms with Gasteiger partial charge in [-0.3, -0.25) is 0 Å². The first-order valence-corrected chi connectivity index (χ1v) is 7.49. The summed E-state index contributed by atoms with van der Waals surface area (Å²) < 4.78 is 0. The third-order valence-corrected chi connectivity index (χ3v) is 3.55. The second-order valence-electron chi connectivity index (χ2n) is 5.43. The van der Waals surface area contributed by atoms with Crippen LogP contribution in [0.4, 0.5) is 5.69 Å². The molecule has 0 unspecified atom stereocenters. The zero-order valence-corrected chi connectivity index (χ0v) is 13.0. The highest BCUT2D eigenvalue weighted by Gasteiger charge is 2.19. The SMILES string of the molecule is CC.CC(C)c1ccc2c(c1)CCCN2C(C)C. The highest BCUT2D eigenvalue weighted by atomic mass is 15.2. The van der Waals surface area contributed by atoms with Crippen molar-refractivity contribution in [2.75, 3.05) is 11.4 Å². The summed E-state index contributed by atoms with van der Waals surface area (Å²) >= 11 is 0. The van der Waals surface area contributed by atoms with Gasteiger partial charge >= 0.3 is 0 Å². The zero-order chi connectivity index (χ0) is 13.7. The Kier molecular flexibility index (Phi) is 5.71. The van der Waals surface area contributed by atoms with Crippen molar-refractivity contribution < 1.29 is 0 Å². The Labute approximate surface area is 113 Å².